The van der Waals surface area contributed by atoms with Crippen LogP contribution in [0.4, 0.5) is 4.79 Å². The van der Waals surface area contributed by atoms with Crippen LogP contribution in [0.5, 0.6) is 5.75 Å². The van der Waals surface area contributed by atoms with E-state index >= 15 is 0 Å². The van der Waals surface area contributed by atoms with Gasteiger partial charge in [0.25, 0.3) is 15.9 Å². The molecule has 0 spiro atoms. The molecule has 0 atom stereocenters. The molecule has 27 heavy (non-hydrogen) atoms. The molecule has 2 aromatic rings. The Hall–Kier alpha value is -2.30. The minimum Gasteiger partial charge on any atom is -0.496 e. The molecule has 146 valence electrons. The van der Waals surface area contributed by atoms with Crippen LogP contribution in [0.25, 0.3) is 0 Å². The second-order valence-electron chi connectivity index (χ2n) is 5.45. The van der Waals surface area contributed by atoms with Crippen molar-refractivity contribution in [1.29, 1.82) is 0 Å². The fourth-order valence-corrected chi connectivity index (χ4v) is 5.04. The van der Waals surface area contributed by atoms with Gasteiger partial charge in [-0.1, -0.05) is 11.6 Å². The van der Waals surface area contributed by atoms with Crippen LogP contribution in [0.1, 0.15) is 20.1 Å². The maximum atomic E-state index is 12.3. The molecule has 0 aliphatic heterocycles. The third-order valence-corrected chi connectivity index (χ3v) is 6.46. The lowest BCUT2D eigenvalue weighted by Crippen LogP contribution is -2.35. The highest BCUT2D eigenvalue weighted by atomic mass is 35.5. The monoisotopic (exact) mass is 431 g/mol. The zero-order valence-corrected chi connectivity index (χ0v) is 16.9. The van der Waals surface area contributed by atoms with Crippen molar-refractivity contribution < 1.29 is 22.7 Å². The number of amides is 3. The molecule has 0 fully saturated rings. The van der Waals surface area contributed by atoms with E-state index in [0.29, 0.717) is 27.6 Å². The summed E-state index contributed by atoms with van der Waals surface area (Å²) in [6.45, 7) is 1.90. The summed E-state index contributed by atoms with van der Waals surface area (Å²) in [7, 11) is -2.55. The number of hydrogen-bond acceptors (Lipinski definition) is 6. The molecule has 0 unspecified atom stereocenters. The summed E-state index contributed by atoms with van der Waals surface area (Å²) in [6, 6.07) is 5.03. The lowest BCUT2D eigenvalue weighted by molar-refractivity contribution is 0.0951. The van der Waals surface area contributed by atoms with E-state index in [9.17, 15) is 18.0 Å². The van der Waals surface area contributed by atoms with Gasteiger partial charge in [-0.05, 0) is 37.6 Å². The summed E-state index contributed by atoms with van der Waals surface area (Å²) in [5.41, 5.74) is 5.19. The lowest BCUT2D eigenvalue weighted by Gasteiger charge is -2.09. The summed E-state index contributed by atoms with van der Waals surface area (Å²) in [5.74, 6) is 0.0423. The zero-order valence-electron chi connectivity index (χ0n) is 14.5. The molecule has 0 bridgehead atoms. The third kappa shape index (κ3) is 5.34. The number of nitrogens with one attached hydrogen (secondary N) is 2. The second-order valence-corrected chi connectivity index (χ2v) is 8.88. The van der Waals surface area contributed by atoms with Crippen molar-refractivity contribution in [1.82, 2.24) is 10.0 Å². The summed E-state index contributed by atoms with van der Waals surface area (Å²) in [5, 5.41) is 3.15. The maximum absolute atomic E-state index is 12.3. The molecule has 0 radical (unpaired) electrons. The topological polar surface area (TPSA) is 128 Å². The number of ether oxygens (including phenoxy) is 1. The molecule has 0 aliphatic carbocycles. The minimum absolute atomic E-state index is 0.0101. The molecule has 0 saturated heterocycles. The van der Waals surface area contributed by atoms with Crippen LogP contribution in [0.3, 0.4) is 0 Å². The minimum atomic E-state index is -4.00. The Morgan fingerprint density at radius 1 is 1.30 bits per heavy atom. The van der Waals surface area contributed by atoms with Crippen molar-refractivity contribution in [3.05, 3.63) is 44.6 Å². The summed E-state index contributed by atoms with van der Waals surface area (Å²) in [6.07, 6.45) is 0.409. The van der Waals surface area contributed by atoms with Gasteiger partial charge < -0.3 is 15.8 Å². The SMILES string of the molecule is COc1ccc(Cl)cc1C(=O)NCCc1cc(S(=O)(=O)NC(N)=O)c(C)s1. The number of methoxy groups -OCH3 is 1. The summed E-state index contributed by atoms with van der Waals surface area (Å²) >= 11 is 7.17. The van der Waals surface area contributed by atoms with Gasteiger partial charge in [-0.15, -0.1) is 11.3 Å². The molecule has 3 amide bonds. The standard InChI is InChI=1S/C16H18ClN3O5S2/c1-9-14(27(23,24)20-16(18)22)8-11(26-9)5-6-19-15(21)12-7-10(17)3-4-13(12)25-2/h3-4,7-8H,5-6H2,1-2H3,(H,19,21)(H3,18,20,22). The third-order valence-electron chi connectivity index (χ3n) is 3.51. The number of nitrogens with two attached hydrogens (primary N) is 1. The molecule has 11 heteroatoms. The second kappa shape index (κ2) is 8.59. The lowest BCUT2D eigenvalue weighted by atomic mass is 10.2. The van der Waals surface area contributed by atoms with Crippen molar-refractivity contribution in [2.75, 3.05) is 13.7 Å². The van der Waals surface area contributed by atoms with Crippen molar-refractivity contribution in [2.45, 2.75) is 18.2 Å². The molecule has 4 N–H and O–H groups in total. The highest BCUT2D eigenvalue weighted by Gasteiger charge is 2.21. The Labute approximate surface area is 165 Å². The van der Waals surface area contributed by atoms with E-state index in [1.165, 1.54) is 30.6 Å². The number of primary amides is 1. The van der Waals surface area contributed by atoms with Gasteiger partial charge in [0.15, 0.2) is 0 Å². The van der Waals surface area contributed by atoms with Crippen LogP contribution >= 0.6 is 22.9 Å². The van der Waals surface area contributed by atoms with Crippen LogP contribution in [0.2, 0.25) is 5.02 Å². The summed E-state index contributed by atoms with van der Waals surface area (Å²) < 4.78 is 31.0. The van der Waals surface area contributed by atoms with E-state index in [-0.39, 0.29) is 17.3 Å². The van der Waals surface area contributed by atoms with Gasteiger partial charge in [0.05, 0.1) is 12.7 Å². The number of thiophene rings is 1. The first-order valence-electron chi connectivity index (χ1n) is 7.67. The molecule has 1 aromatic carbocycles. The first kappa shape index (κ1) is 21.0. The fourth-order valence-electron chi connectivity index (χ4n) is 2.35. The number of carbonyl (C=O) groups is 2. The van der Waals surface area contributed by atoms with Crippen LogP contribution < -0.4 is 20.5 Å². The molecule has 2 rings (SSSR count). The smallest absolute Gasteiger partial charge is 0.326 e. The molecule has 8 nitrogen and oxygen atoms in total. The largest absolute Gasteiger partial charge is 0.496 e. The Kier molecular flexibility index (Phi) is 6.68. The number of benzene rings is 1. The number of carbonyl (C=O) groups excluding carboxylic acids is 2. The molecule has 0 aliphatic rings. The van der Waals surface area contributed by atoms with Gasteiger partial charge in [0.2, 0.25) is 0 Å². The van der Waals surface area contributed by atoms with Crippen LogP contribution in [0, 0.1) is 6.92 Å². The number of hydrogen-bond donors (Lipinski definition) is 3. The number of sulfonamides is 1. The molecular formula is C16H18ClN3O5S2. The number of halogens is 1. The van der Waals surface area contributed by atoms with Gasteiger partial charge in [-0.3, -0.25) is 4.79 Å². The van der Waals surface area contributed by atoms with E-state index in [1.807, 2.05) is 0 Å². The zero-order chi connectivity index (χ0) is 20.2. The fraction of sp³-hybridized carbons (Fsp3) is 0.250. The average Bonchev–Trinajstić information content (AvgIpc) is 2.95. The van der Waals surface area contributed by atoms with Gasteiger partial charge >= 0.3 is 6.03 Å². The Morgan fingerprint density at radius 2 is 2.00 bits per heavy atom. The van der Waals surface area contributed by atoms with Crippen molar-refractivity contribution >= 4 is 44.9 Å². The van der Waals surface area contributed by atoms with E-state index in [4.69, 9.17) is 22.1 Å². The van der Waals surface area contributed by atoms with Crippen molar-refractivity contribution in [3.8, 4) is 5.75 Å². The van der Waals surface area contributed by atoms with Crippen molar-refractivity contribution in [3.63, 3.8) is 0 Å². The predicted octanol–water partition coefficient (Wildman–Crippen LogP) is 2.05. The Bertz CT molecular complexity index is 972. The first-order valence-corrected chi connectivity index (χ1v) is 10.3. The van der Waals surface area contributed by atoms with E-state index < -0.39 is 16.1 Å². The molecular weight excluding hydrogens is 414 g/mol. The van der Waals surface area contributed by atoms with Gasteiger partial charge in [-0.2, -0.15) is 0 Å². The summed E-state index contributed by atoms with van der Waals surface area (Å²) in [4.78, 5) is 24.4. The van der Waals surface area contributed by atoms with Crippen LogP contribution in [-0.2, 0) is 16.4 Å². The number of aryl methyl sites for hydroxylation is 1. The number of urea groups is 1. The maximum Gasteiger partial charge on any atom is 0.326 e. The molecule has 1 heterocycles. The quantitative estimate of drug-likeness (QED) is 0.618. The van der Waals surface area contributed by atoms with Crippen LogP contribution in [0.15, 0.2) is 29.2 Å². The van der Waals surface area contributed by atoms with Gasteiger partial charge in [0, 0.05) is 21.3 Å². The first-order chi connectivity index (χ1) is 12.6. The average molecular weight is 432 g/mol. The molecule has 0 saturated carbocycles. The Morgan fingerprint density at radius 3 is 2.63 bits per heavy atom. The normalized spacial score (nSPS) is 11.1. The molecule has 1 aromatic heterocycles. The highest BCUT2D eigenvalue weighted by molar-refractivity contribution is 7.90. The van der Waals surface area contributed by atoms with Crippen LogP contribution in [-0.4, -0.2) is 34.0 Å². The van der Waals surface area contributed by atoms with E-state index in [0.717, 1.165) is 4.88 Å². The van der Waals surface area contributed by atoms with Gasteiger partial charge in [0.1, 0.15) is 10.6 Å². The number of rotatable bonds is 7. The van der Waals surface area contributed by atoms with E-state index in [2.05, 4.69) is 5.32 Å². The van der Waals surface area contributed by atoms with E-state index in [1.54, 1.807) is 23.8 Å². The predicted molar refractivity (Wildman–Crippen MR) is 103 cm³/mol. The van der Waals surface area contributed by atoms with Crippen molar-refractivity contribution in [2.24, 2.45) is 5.73 Å². The van der Waals surface area contributed by atoms with Gasteiger partial charge in [-0.25, -0.2) is 17.9 Å². The Balaban J connectivity index is 2.04. The highest BCUT2D eigenvalue weighted by Crippen LogP contribution is 2.26.